The zero-order chi connectivity index (χ0) is 15.9. The molecule has 2 amide bonds. The second kappa shape index (κ2) is 7.92. The Hall–Kier alpha value is -1.91. The summed E-state index contributed by atoms with van der Waals surface area (Å²) in [5.41, 5.74) is 0.537. The fourth-order valence-electron chi connectivity index (χ4n) is 2.74. The number of likely N-dealkylation sites (tertiary alicyclic amines) is 1. The van der Waals surface area contributed by atoms with Crippen LogP contribution in [0, 0.1) is 11.7 Å². The summed E-state index contributed by atoms with van der Waals surface area (Å²) in [6.45, 7) is 4.00. The molecule has 0 unspecified atom stereocenters. The first-order valence-electron chi connectivity index (χ1n) is 7.91. The van der Waals surface area contributed by atoms with Crippen molar-refractivity contribution >= 4 is 11.8 Å². The molecule has 0 aromatic heterocycles. The van der Waals surface area contributed by atoms with Crippen molar-refractivity contribution in [3.05, 3.63) is 35.6 Å². The van der Waals surface area contributed by atoms with Crippen LogP contribution in [0.3, 0.4) is 0 Å². The molecule has 2 rings (SSSR count). The van der Waals surface area contributed by atoms with Crippen LogP contribution in [-0.4, -0.2) is 36.3 Å². The summed E-state index contributed by atoms with van der Waals surface area (Å²) in [6.07, 6.45) is 3.39. The fourth-order valence-corrected chi connectivity index (χ4v) is 2.74. The van der Waals surface area contributed by atoms with Crippen molar-refractivity contribution in [3.8, 4) is 0 Å². The van der Waals surface area contributed by atoms with Gasteiger partial charge >= 0.3 is 0 Å². The van der Waals surface area contributed by atoms with Crippen molar-refractivity contribution < 1.29 is 14.0 Å². The van der Waals surface area contributed by atoms with Crippen molar-refractivity contribution in [1.82, 2.24) is 10.2 Å². The number of rotatable bonds is 5. The maximum atomic E-state index is 12.9. The smallest absolute Gasteiger partial charge is 0.253 e. The molecular weight excluding hydrogens is 283 g/mol. The third-order valence-corrected chi connectivity index (χ3v) is 4.19. The minimum absolute atomic E-state index is 0.0299. The fraction of sp³-hybridized carbons (Fsp3) is 0.529. The van der Waals surface area contributed by atoms with Gasteiger partial charge in [0.1, 0.15) is 5.82 Å². The van der Waals surface area contributed by atoms with E-state index >= 15 is 0 Å². The Balaban J connectivity index is 1.75. The van der Waals surface area contributed by atoms with Crippen LogP contribution in [0.25, 0.3) is 0 Å². The lowest BCUT2D eigenvalue weighted by Gasteiger charge is -2.32. The van der Waals surface area contributed by atoms with Gasteiger partial charge in [-0.05, 0) is 49.4 Å². The molecule has 1 aromatic carbocycles. The van der Waals surface area contributed by atoms with Crippen LogP contribution in [0.1, 0.15) is 43.0 Å². The first-order valence-corrected chi connectivity index (χ1v) is 7.91. The van der Waals surface area contributed by atoms with Crippen LogP contribution in [0.2, 0.25) is 0 Å². The van der Waals surface area contributed by atoms with Crippen molar-refractivity contribution in [2.24, 2.45) is 5.92 Å². The third-order valence-electron chi connectivity index (χ3n) is 4.19. The molecule has 0 bridgehead atoms. The van der Waals surface area contributed by atoms with Crippen LogP contribution in [0.5, 0.6) is 0 Å². The van der Waals surface area contributed by atoms with Crippen molar-refractivity contribution in [2.45, 2.75) is 32.6 Å². The number of carbonyl (C=O) groups excluding carboxylic acids is 2. The topological polar surface area (TPSA) is 49.4 Å². The van der Waals surface area contributed by atoms with Crippen LogP contribution < -0.4 is 5.32 Å². The minimum atomic E-state index is -0.329. The van der Waals surface area contributed by atoms with E-state index in [0.717, 1.165) is 32.4 Å². The molecule has 1 heterocycles. The van der Waals surface area contributed by atoms with Gasteiger partial charge in [0.25, 0.3) is 5.91 Å². The molecule has 1 aromatic rings. The normalized spacial score (nSPS) is 15.6. The van der Waals surface area contributed by atoms with Gasteiger partial charge in [-0.3, -0.25) is 9.59 Å². The summed E-state index contributed by atoms with van der Waals surface area (Å²) in [4.78, 5) is 25.3. The summed E-state index contributed by atoms with van der Waals surface area (Å²) in [5.74, 6) is 0.278. The highest BCUT2D eigenvalue weighted by atomic mass is 19.1. The van der Waals surface area contributed by atoms with Crippen molar-refractivity contribution in [1.29, 1.82) is 0 Å². The van der Waals surface area contributed by atoms with E-state index in [0.29, 0.717) is 24.4 Å². The molecule has 1 saturated heterocycles. The highest BCUT2D eigenvalue weighted by Gasteiger charge is 2.23. The Kier molecular flexibility index (Phi) is 5.92. The largest absolute Gasteiger partial charge is 0.356 e. The van der Waals surface area contributed by atoms with Crippen LogP contribution in [0.4, 0.5) is 4.39 Å². The number of amides is 2. The van der Waals surface area contributed by atoms with Gasteiger partial charge in [0.05, 0.1) is 0 Å². The number of halogens is 1. The van der Waals surface area contributed by atoms with Gasteiger partial charge in [0.15, 0.2) is 0 Å². The maximum Gasteiger partial charge on any atom is 0.253 e. The van der Waals surface area contributed by atoms with E-state index in [1.165, 1.54) is 24.3 Å². The number of benzene rings is 1. The predicted molar refractivity (Wildman–Crippen MR) is 82.9 cm³/mol. The van der Waals surface area contributed by atoms with Gasteiger partial charge in [-0.25, -0.2) is 4.39 Å². The Labute approximate surface area is 130 Å². The number of piperidine rings is 1. The van der Waals surface area contributed by atoms with E-state index in [1.54, 1.807) is 0 Å². The summed E-state index contributed by atoms with van der Waals surface area (Å²) in [5, 5.41) is 2.89. The molecule has 1 aliphatic heterocycles. The number of carbonyl (C=O) groups is 2. The average molecular weight is 306 g/mol. The van der Waals surface area contributed by atoms with Gasteiger partial charge < -0.3 is 10.2 Å². The lowest BCUT2D eigenvalue weighted by Crippen LogP contribution is -2.39. The summed E-state index contributed by atoms with van der Waals surface area (Å²) in [7, 11) is 0. The Morgan fingerprint density at radius 1 is 1.23 bits per heavy atom. The molecule has 0 radical (unpaired) electrons. The van der Waals surface area contributed by atoms with E-state index in [-0.39, 0.29) is 17.6 Å². The molecule has 0 aliphatic carbocycles. The van der Waals surface area contributed by atoms with E-state index in [9.17, 15) is 14.0 Å². The SMILES string of the molecule is CCC(=O)NCCC1CCN(C(=O)c2ccc(F)cc2)CC1. The molecule has 22 heavy (non-hydrogen) atoms. The minimum Gasteiger partial charge on any atom is -0.356 e. The van der Waals surface area contributed by atoms with E-state index in [1.807, 2.05) is 11.8 Å². The third kappa shape index (κ3) is 4.55. The highest BCUT2D eigenvalue weighted by Crippen LogP contribution is 2.21. The predicted octanol–water partition coefficient (Wildman–Crippen LogP) is 2.59. The molecule has 0 saturated carbocycles. The van der Waals surface area contributed by atoms with Crippen LogP contribution in [-0.2, 0) is 4.79 Å². The average Bonchev–Trinajstić information content (AvgIpc) is 2.55. The van der Waals surface area contributed by atoms with Gasteiger partial charge in [-0.15, -0.1) is 0 Å². The molecule has 1 fully saturated rings. The van der Waals surface area contributed by atoms with Gasteiger partial charge in [0.2, 0.25) is 5.91 Å². The second-order valence-electron chi connectivity index (χ2n) is 5.73. The molecule has 0 spiro atoms. The van der Waals surface area contributed by atoms with E-state index < -0.39 is 0 Å². The maximum absolute atomic E-state index is 12.9. The van der Waals surface area contributed by atoms with Gasteiger partial charge in [-0.1, -0.05) is 6.92 Å². The molecule has 120 valence electrons. The monoisotopic (exact) mass is 306 g/mol. The number of hydrogen-bond donors (Lipinski definition) is 1. The number of nitrogens with zero attached hydrogens (tertiary/aromatic N) is 1. The Bertz CT molecular complexity index is 508. The molecule has 4 nitrogen and oxygen atoms in total. The summed E-state index contributed by atoms with van der Waals surface area (Å²) < 4.78 is 12.9. The molecule has 1 aliphatic rings. The Morgan fingerprint density at radius 2 is 1.86 bits per heavy atom. The van der Waals surface area contributed by atoms with Gasteiger partial charge in [0, 0.05) is 31.6 Å². The molecule has 5 heteroatoms. The lowest BCUT2D eigenvalue weighted by atomic mass is 9.93. The molecule has 1 N–H and O–H groups in total. The highest BCUT2D eigenvalue weighted by molar-refractivity contribution is 5.94. The first kappa shape index (κ1) is 16.5. The van der Waals surface area contributed by atoms with Crippen LogP contribution in [0.15, 0.2) is 24.3 Å². The summed E-state index contributed by atoms with van der Waals surface area (Å²) in [6, 6.07) is 5.70. The van der Waals surface area contributed by atoms with Gasteiger partial charge in [-0.2, -0.15) is 0 Å². The number of hydrogen-bond acceptors (Lipinski definition) is 2. The van der Waals surface area contributed by atoms with Crippen molar-refractivity contribution in [2.75, 3.05) is 19.6 Å². The molecule has 0 atom stereocenters. The first-order chi connectivity index (χ1) is 10.6. The zero-order valence-corrected chi connectivity index (χ0v) is 13.0. The molecular formula is C17H23FN2O2. The standard InChI is InChI=1S/C17H23FN2O2/c1-2-16(21)19-10-7-13-8-11-20(12-9-13)17(22)14-3-5-15(18)6-4-14/h3-6,13H,2,7-12H2,1H3,(H,19,21). The summed E-state index contributed by atoms with van der Waals surface area (Å²) >= 11 is 0. The Morgan fingerprint density at radius 3 is 2.45 bits per heavy atom. The lowest BCUT2D eigenvalue weighted by molar-refractivity contribution is -0.120. The quantitative estimate of drug-likeness (QED) is 0.909. The zero-order valence-electron chi connectivity index (χ0n) is 13.0. The van der Waals surface area contributed by atoms with E-state index in [4.69, 9.17) is 0 Å². The van der Waals surface area contributed by atoms with Crippen molar-refractivity contribution in [3.63, 3.8) is 0 Å². The second-order valence-corrected chi connectivity index (χ2v) is 5.73. The number of nitrogens with one attached hydrogen (secondary N) is 1. The van der Waals surface area contributed by atoms with Crippen LogP contribution >= 0.6 is 0 Å². The van der Waals surface area contributed by atoms with E-state index in [2.05, 4.69) is 5.32 Å².